The van der Waals surface area contributed by atoms with Crippen molar-refractivity contribution in [3.8, 4) is 0 Å². The van der Waals surface area contributed by atoms with Gasteiger partial charge in [-0.25, -0.2) is 9.97 Å². The molecule has 5 nitrogen and oxygen atoms in total. The molecule has 0 amide bonds. The summed E-state index contributed by atoms with van der Waals surface area (Å²) in [6, 6.07) is 10.0. The maximum Gasteiger partial charge on any atom is 0.180 e. The number of benzene rings is 1. The van der Waals surface area contributed by atoms with E-state index < -0.39 is 0 Å². The molecular weight excluding hydrogens is 250 g/mol. The smallest absolute Gasteiger partial charge is 0.180 e. The Balaban J connectivity index is 1.71. The van der Waals surface area contributed by atoms with Crippen LogP contribution in [0.15, 0.2) is 42.7 Å². The highest BCUT2D eigenvalue weighted by molar-refractivity contribution is 5.72. The third-order valence-electron chi connectivity index (χ3n) is 3.59. The molecule has 5 heteroatoms. The van der Waals surface area contributed by atoms with Crippen molar-refractivity contribution in [3.05, 3.63) is 53.9 Å². The van der Waals surface area contributed by atoms with Crippen molar-refractivity contribution >= 4 is 22.7 Å². The molecule has 3 aromatic rings. The number of rotatable bonds is 1. The Kier molecular flexibility index (Phi) is 2.32. The number of fused-ring (bicyclic) bond motifs is 2. The van der Waals surface area contributed by atoms with E-state index in [0.717, 1.165) is 30.1 Å². The fraction of sp³-hybridized carbons (Fsp3) is 0.133. The number of nitrogens with zero attached hydrogens (tertiary/aromatic N) is 4. The molecule has 1 aliphatic rings. The monoisotopic (exact) mass is 263 g/mol. The minimum absolute atomic E-state index is 0.681. The number of pyridine rings is 1. The Morgan fingerprint density at radius 1 is 0.950 bits per heavy atom. The van der Waals surface area contributed by atoms with Gasteiger partial charge in [-0.1, -0.05) is 6.07 Å². The van der Waals surface area contributed by atoms with Gasteiger partial charge in [0, 0.05) is 31.2 Å². The highest BCUT2D eigenvalue weighted by atomic mass is 15.2. The zero-order chi connectivity index (χ0) is 13.5. The maximum atomic E-state index is 5.84. The summed E-state index contributed by atoms with van der Waals surface area (Å²) in [6.45, 7) is 1.69. The van der Waals surface area contributed by atoms with Gasteiger partial charge >= 0.3 is 0 Å². The quantitative estimate of drug-likeness (QED) is 0.681. The molecule has 98 valence electrons. The van der Waals surface area contributed by atoms with Gasteiger partial charge in [0.2, 0.25) is 0 Å². The first kappa shape index (κ1) is 11.2. The third kappa shape index (κ3) is 1.75. The topological polar surface area (TPSA) is 67.9 Å². The Labute approximate surface area is 116 Å². The molecule has 2 N–H and O–H groups in total. The second kappa shape index (κ2) is 4.16. The SMILES string of the molecule is Nc1ccc2c(c1)CN(c1ccc3nccnc3n1)C2. The van der Waals surface area contributed by atoms with Crippen LogP contribution in [0.1, 0.15) is 11.1 Å². The van der Waals surface area contributed by atoms with Crippen molar-refractivity contribution in [1.29, 1.82) is 0 Å². The number of anilines is 2. The second-order valence-corrected chi connectivity index (χ2v) is 4.95. The number of hydrogen-bond acceptors (Lipinski definition) is 5. The number of aromatic nitrogens is 3. The lowest BCUT2D eigenvalue weighted by Crippen LogP contribution is -2.16. The lowest BCUT2D eigenvalue weighted by Gasteiger charge is -2.16. The van der Waals surface area contributed by atoms with Gasteiger partial charge in [-0.15, -0.1) is 0 Å². The van der Waals surface area contributed by atoms with E-state index in [1.807, 2.05) is 24.3 Å². The predicted molar refractivity (Wildman–Crippen MR) is 78.1 cm³/mol. The van der Waals surface area contributed by atoms with Crippen molar-refractivity contribution in [2.75, 3.05) is 10.6 Å². The summed E-state index contributed by atoms with van der Waals surface area (Å²) in [7, 11) is 0. The van der Waals surface area contributed by atoms with Crippen LogP contribution in [0.5, 0.6) is 0 Å². The average molecular weight is 263 g/mol. The van der Waals surface area contributed by atoms with Gasteiger partial charge in [0.1, 0.15) is 11.3 Å². The van der Waals surface area contributed by atoms with Gasteiger partial charge in [-0.05, 0) is 35.4 Å². The number of hydrogen-bond donors (Lipinski definition) is 1. The van der Waals surface area contributed by atoms with Crippen LogP contribution >= 0.6 is 0 Å². The molecular formula is C15H13N5. The highest BCUT2D eigenvalue weighted by Crippen LogP contribution is 2.28. The van der Waals surface area contributed by atoms with Crippen molar-refractivity contribution in [2.24, 2.45) is 0 Å². The number of nitrogens with two attached hydrogens (primary N) is 1. The zero-order valence-electron chi connectivity index (χ0n) is 10.8. The molecule has 1 aliphatic heterocycles. The molecule has 20 heavy (non-hydrogen) atoms. The molecule has 0 fully saturated rings. The molecule has 0 radical (unpaired) electrons. The van der Waals surface area contributed by atoms with E-state index in [1.54, 1.807) is 12.4 Å². The van der Waals surface area contributed by atoms with E-state index in [2.05, 4.69) is 25.9 Å². The van der Waals surface area contributed by atoms with E-state index >= 15 is 0 Å². The molecule has 2 aromatic heterocycles. The van der Waals surface area contributed by atoms with Crippen LogP contribution in [-0.4, -0.2) is 15.0 Å². The zero-order valence-corrected chi connectivity index (χ0v) is 10.8. The van der Waals surface area contributed by atoms with Gasteiger partial charge < -0.3 is 10.6 Å². The predicted octanol–water partition coefficient (Wildman–Crippen LogP) is 2.13. The van der Waals surface area contributed by atoms with Gasteiger partial charge in [0.05, 0.1) is 0 Å². The first-order valence-electron chi connectivity index (χ1n) is 6.49. The fourth-order valence-corrected chi connectivity index (χ4v) is 2.60. The van der Waals surface area contributed by atoms with Crippen LogP contribution in [0.4, 0.5) is 11.5 Å². The van der Waals surface area contributed by atoms with Crippen LogP contribution in [0, 0.1) is 0 Å². The summed E-state index contributed by atoms with van der Waals surface area (Å²) in [5, 5.41) is 0. The first-order valence-corrected chi connectivity index (χ1v) is 6.49. The Bertz CT molecular complexity index is 799. The fourth-order valence-electron chi connectivity index (χ4n) is 2.60. The van der Waals surface area contributed by atoms with E-state index in [4.69, 9.17) is 5.73 Å². The van der Waals surface area contributed by atoms with Gasteiger partial charge in [-0.3, -0.25) is 4.98 Å². The molecule has 1 aromatic carbocycles. The maximum absolute atomic E-state index is 5.84. The lowest BCUT2D eigenvalue weighted by molar-refractivity contribution is 0.859. The van der Waals surface area contributed by atoms with Crippen LogP contribution < -0.4 is 10.6 Å². The molecule has 0 aliphatic carbocycles. The summed E-state index contributed by atoms with van der Waals surface area (Å²) < 4.78 is 0. The van der Waals surface area contributed by atoms with E-state index in [0.29, 0.717) is 5.65 Å². The van der Waals surface area contributed by atoms with Crippen LogP contribution in [-0.2, 0) is 13.1 Å². The molecule has 0 saturated heterocycles. The Hall–Kier alpha value is -2.69. The standard InChI is InChI=1S/C15H13N5/c16-12-2-1-10-8-20(9-11(10)7-12)14-4-3-13-15(19-14)18-6-5-17-13/h1-7H,8-9,16H2. The van der Waals surface area contributed by atoms with E-state index in [9.17, 15) is 0 Å². The van der Waals surface area contributed by atoms with Gasteiger partial charge in [0.25, 0.3) is 0 Å². The average Bonchev–Trinajstić information content (AvgIpc) is 2.89. The Morgan fingerprint density at radius 3 is 2.75 bits per heavy atom. The second-order valence-electron chi connectivity index (χ2n) is 4.95. The first-order chi connectivity index (χ1) is 9.79. The lowest BCUT2D eigenvalue weighted by atomic mass is 10.1. The summed E-state index contributed by atoms with van der Waals surface area (Å²) in [5.74, 6) is 0.924. The van der Waals surface area contributed by atoms with E-state index in [-0.39, 0.29) is 0 Å². The van der Waals surface area contributed by atoms with Crippen molar-refractivity contribution in [1.82, 2.24) is 15.0 Å². The Morgan fingerprint density at radius 2 is 1.80 bits per heavy atom. The van der Waals surface area contributed by atoms with Crippen molar-refractivity contribution in [3.63, 3.8) is 0 Å². The molecule has 0 saturated carbocycles. The van der Waals surface area contributed by atoms with Gasteiger partial charge in [-0.2, -0.15) is 0 Å². The van der Waals surface area contributed by atoms with Gasteiger partial charge in [0.15, 0.2) is 5.65 Å². The third-order valence-corrected chi connectivity index (χ3v) is 3.59. The highest BCUT2D eigenvalue weighted by Gasteiger charge is 2.20. The molecule has 3 heterocycles. The van der Waals surface area contributed by atoms with E-state index in [1.165, 1.54) is 11.1 Å². The largest absolute Gasteiger partial charge is 0.399 e. The molecule has 0 unspecified atom stereocenters. The van der Waals surface area contributed by atoms with Crippen molar-refractivity contribution < 1.29 is 0 Å². The summed E-state index contributed by atoms with van der Waals surface area (Å²) in [5.41, 5.74) is 10.7. The van der Waals surface area contributed by atoms with Crippen LogP contribution in [0.2, 0.25) is 0 Å². The minimum Gasteiger partial charge on any atom is -0.399 e. The molecule has 0 spiro atoms. The van der Waals surface area contributed by atoms with Crippen LogP contribution in [0.25, 0.3) is 11.2 Å². The summed E-state index contributed by atoms with van der Waals surface area (Å²) >= 11 is 0. The molecule has 0 atom stereocenters. The summed E-state index contributed by atoms with van der Waals surface area (Å²) in [6.07, 6.45) is 3.34. The van der Waals surface area contributed by atoms with Crippen LogP contribution in [0.3, 0.4) is 0 Å². The summed E-state index contributed by atoms with van der Waals surface area (Å²) in [4.78, 5) is 15.3. The number of nitrogen functional groups attached to an aromatic ring is 1. The van der Waals surface area contributed by atoms with Crippen molar-refractivity contribution in [2.45, 2.75) is 13.1 Å². The molecule has 4 rings (SSSR count). The molecule has 0 bridgehead atoms. The normalized spacial score (nSPS) is 13.7. The minimum atomic E-state index is 0.681.